The second-order valence-corrected chi connectivity index (χ2v) is 6.29. The van der Waals surface area contributed by atoms with Crippen molar-refractivity contribution in [2.24, 2.45) is 0 Å². The third-order valence-electron chi connectivity index (χ3n) is 2.96. The number of nitrogens with zero attached hydrogens (tertiary/aromatic N) is 1. The van der Waals surface area contributed by atoms with E-state index >= 15 is 0 Å². The Kier molecular flexibility index (Phi) is 4.96. The van der Waals surface area contributed by atoms with Gasteiger partial charge in [0, 0.05) is 45.1 Å². The van der Waals surface area contributed by atoms with Gasteiger partial charge in [0.1, 0.15) is 5.75 Å². The zero-order chi connectivity index (χ0) is 13.8. The zero-order valence-electron chi connectivity index (χ0n) is 11.3. The number of pyridine rings is 1. The van der Waals surface area contributed by atoms with Gasteiger partial charge in [-0.2, -0.15) is 0 Å². The number of aromatic nitrogens is 1. The topological polar surface area (TPSA) is 34.1 Å². The first-order chi connectivity index (χ1) is 9.11. The fraction of sp³-hybridized carbons (Fsp3) is 0.357. The number of hydrogen-bond donors (Lipinski definition) is 1. The van der Waals surface area contributed by atoms with Gasteiger partial charge in [-0.3, -0.25) is 4.98 Å². The normalized spacial score (nSPS) is 10.7. The lowest BCUT2D eigenvalue weighted by atomic mass is 10.1. The highest BCUT2D eigenvalue weighted by atomic mass is 79.9. The Hall–Kier alpha value is -0.910. The minimum atomic E-state index is 0.748. The molecule has 2 heterocycles. The summed E-state index contributed by atoms with van der Waals surface area (Å²) in [6.45, 7) is 5.67. The summed E-state index contributed by atoms with van der Waals surface area (Å²) in [6.07, 6.45) is 1.87. The molecule has 102 valence electrons. The summed E-state index contributed by atoms with van der Waals surface area (Å²) >= 11 is 5.21. The van der Waals surface area contributed by atoms with E-state index in [-0.39, 0.29) is 0 Å². The Morgan fingerprint density at radius 2 is 2.16 bits per heavy atom. The van der Waals surface area contributed by atoms with Crippen LogP contribution >= 0.6 is 27.3 Å². The lowest BCUT2D eigenvalue weighted by Gasteiger charge is -2.12. The fourth-order valence-electron chi connectivity index (χ4n) is 2.00. The van der Waals surface area contributed by atoms with Crippen molar-refractivity contribution in [3.63, 3.8) is 0 Å². The molecule has 0 aliphatic heterocycles. The van der Waals surface area contributed by atoms with E-state index in [0.717, 1.165) is 40.1 Å². The molecule has 0 radical (unpaired) electrons. The molecule has 0 aromatic carbocycles. The van der Waals surface area contributed by atoms with E-state index < -0.39 is 0 Å². The standard InChI is InChI=1S/C14H17BrN2OS/c1-9-5-17-13(10(2)14(9)18-3)7-16-6-12-4-11(15)8-19-12/h4-5,8,16H,6-7H2,1-3H3. The van der Waals surface area contributed by atoms with Gasteiger partial charge in [0.05, 0.1) is 12.8 Å². The first kappa shape index (κ1) is 14.5. The average molecular weight is 341 g/mol. The molecule has 0 saturated carbocycles. The molecule has 3 nitrogen and oxygen atoms in total. The van der Waals surface area contributed by atoms with Crippen LogP contribution in [0.2, 0.25) is 0 Å². The average Bonchev–Trinajstić information content (AvgIpc) is 2.79. The van der Waals surface area contributed by atoms with E-state index in [4.69, 9.17) is 4.74 Å². The first-order valence-corrected chi connectivity index (χ1v) is 7.71. The van der Waals surface area contributed by atoms with Gasteiger partial charge in [0.2, 0.25) is 0 Å². The molecule has 0 amide bonds. The number of rotatable bonds is 5. The number of aryl methyl sites for hydroxylation is 1. The molecule has 2 aromatic rings. The summed E-state index contributed by atoms with van der Waals surface area (Å²) in [7, 11) is 1.70. The van der Waals surface area contributed by atoms with Crippen molar-refractivity contribution < 1.29 is 4.74 Å². The highest BCUT2D eigenvalue weighted by molar-refractivity contribution is 9.10. The van der Waals surface area contributed by atoms with Crippen molar-refractivity contribution in [1.29, 1.82) is 0 Å². The van der Waals surface area contributed by atoms with Crippen molar-refractivity contribution in [2.45, 2.75) is 26.9 Å². The lowest BCUT2D eigenvalue weighted by molar-refractivity contribution is 0.406. The van der Waals surface area contributed by atoms with Gasteiger partial charge in [0.25, 0.3) is 0 Å². The largest absolute Gasteiger partial charge is 0.496 e. The summed E-state index contributed by atoms with van der Waals surface area (Å²) in [5.41, 5.74) is 3.23. The SMILES string of the molecule is COc1c(C)cnc(CNCc2cc(Br)cs2)c1C. The van der Waals surface area contributed by atoms with Crippen LogP contribution in [0, 0.1) is 13.8 Å². The van der Waals surface area contributed by atoms with Crippen LogP contribution in [0.1, 0.15) is 21.7 Å². The summed E-state index contributed by atoms with van der Waals surface area (Å²) < 4.78 is 6.55. The fourth-order valence-corrected chi connectivity index (χ4v) is 3.42. The number of methoxy groups -OCH3 is 1. The van der Waals surface area contributed by atoms with Crippen LogP contribution in [0.15, 0.2) is 22.1 Å². The first-order valence-electron chi connectivity index (χ1n) is 6.04. The Balaban J connectivity index is 2.00. The van der Waals surface area contributed by atoms with E-state index in [1.165, 1.54) is 4.88 Å². The number of ether oxygens (including phenoxy) is 1. The van der Waals surface area contributed by atoms with Gasteiger partial charge in [0.15, 0.2) is 0 Å². The van der Waals surface area contributed by atoms with E-state index in [1.807, 2.05) is 13.1 Å². The van der Waals surface area contributed by atoms with Crippen molar-refractivity contribution in [3.8, 4) is 5.75 Å². The van der Waals surface area contributed by atoms with Gasteiger partial charge in [-0.05, 0) is 35.8 Å². The molecule has 0 atom stereocenters. The van der Waals surface area contributed by atoms with Crippen molar-refractivity contribution in [2.75, 3.05) is 7.11 Å². The second-order valence-electron chi connectivity index (χ2n) is 4.38. The van der Waals surface area contributed by atoms with Crippen molar-refractivity contribution in [3.05, 3.63) is 43.8 Å². The third kappa shape index (κ3) is 3.55. The van der Waals surface area contributed by atoms with Gasteiger partial charge >= 0.3 is 0 Å². The van der Waals surface area contributed by atoms with Gasteiger partial charge in [-0.15, -0.1) is 11.3 Å². The summed E-state index contributed by atoms with van der Waals surface area (Å²) in [6, 6.07) is 2.13. The highest BCUT2D eigenvalue weighted by Crippen LogP contribution is 2.24. The maximum absolute atomic E-state index is 5.41. The van der Waals surface area contributed by atoms with Crippen molar-refractivity contribution >= 4 is 27.3 Å². The Morgan fingerprint density at radius 1 is 1.37 bits per heavy atom. The molecule has 2 rings (SSSR count). The molecule has 0 spiro atoms. The van der Waals surface area contributed by atoms with Gasteiger partial charge < -0.3 is 10.1 Å². The zero-order valence-corrected chi connectivity index (χ0v) is 13.7. The lowest BCUT2D eigenvalue weighted by Crippen LogP contribution is -2.14. The smallest absolute Gasteiger partial charge is 0.128 e. The molecular weight excluding hydrogens is 324 g/mol. The van der Waals surface area contributed by atoms with Crippen LogP contribution in [-0.4, -0.2) is 12.1 Å². The van der Waals surface area contributed by atoms with E-state index in [0.29, 0.717) is 0 Å². The molecule has 1 N–H and O–H groups in total. The number of hydrogen-bond acceptors (Lipinski definition) is 4. The minimum absolute atomic E-state index is 0.748. The monoisotopic (exact) mass is 340 g/mol. The maximum atomic E-state index is 5.41. The number of halogens is 1. The van der Waals surface area contributed by atoms with Crippen LogP contribution in [-0.2, 0) is 13.1 Å². The van der Waals surface area contributed by atoms with Crippen molar-refractivity contribution in [1.82, 2.24) is 10.3 Å². The van der Waals surface area contributed by atoms with Crippen LogP contribution in [0.5, 0.6) is 5.75 Å². The molecule has 0 unspecified atom stereocenters. The minimum Gasteiger partial charge on any atom is -0.496 e. The van der Waals surface area contributed by atoms with E-state index in [9.17, 15) is 0 Å². The Labute approximate surface area is 126 Å². The Morgan fingerprint density at radius 3 is 2.79 bits per heavy atom. The molecule has 5 heteroatoms. The summed E-state index contributed by atoms with van der Waals surface area (Å²) in [5, 5.41) is 5.51. The third-order valence-corrected chi connectivity index (χ3v) is 4.66. The Bertz CT molecular complexity index is 569. The van der Waals surface area contributed by atoms with Crippen LogP contribution in [0.25, 0.3) is 0 Å². The molecule has 0 aliphatic carbocycles. The van der Waals surface area contributed by atoms with Gasteiger partial charge in [-0.1, -0.05) is 0 Å². The molecule has 0 saturated heterocycles. The highest BCUT2D eigenvalue weighted by Gasteiger charge is 2.09. The molecule has 0 aliphatic rings. The molecule has 19 heavy (non-hydrogen) atoms. The maximum Gasteiger partial charge on any atom is 0.128 e. The van der Waals surface area contributed by atoms with Crippen LogP contribution < -0.4 is 10.1 Å². The quantitative estimate of drug-likeness (QED) is 0.898. The molecule has 2 aromatic heterocycles. The van der Waals surface area contributed by atoms with E-state index in [2.05, 4.69) is 44.6 Å². The predicted molar refractivity (Wildman–Crippen MR) is 82.8 cm³/mol. The predicted octanol–water partition coefficient (Wildman–Crippen LogP) is 3.82. The number of thiophene rings is 1. The van der Waals surface area contributed by atoms with Gasteiger partial charge in [-0.25, -0.2) is 0 Å². The molecular formula is C14H17BrN2OS. The van der Waals surface area contributed by atoms with Crippen LogP contribution in [0.4, 0.5) is 0 Å². The van der Waals surface area contributed by atoms with Crippen LogP contribution in [0.3, 0.4) is 0 Å². The summed E-state index contributed by atoms with van der Waals surface area (Å²) in [4.78, 5) is 5.78. The molecule has 0 bridgehead atoms. The second kappa shape index (κ2) is 6.50. The molecule has 0 fully saturated rings. The summed E-state index contributed by atoms with van der Waals surface area (Å²) in [5.74, 6) is 0.936. The van der Waals surface area contributed by atoms with E-state index in [1.54, 1.807) is 18.4 Å². The number of nitrogens with one attached hydrogen (secondary N) is 1.